The Morgan fingerprint density at radius 1 is 1.53 bits per heavy atom. The highest BCUT2D eigenvalue weighted by atomic mass is 32.2. The van der Waals surface area contributed by atoms with Gasteiger partial charge in [-0.25, -0.2) is 8.78 Å². The quantitative estimate of drug-likeness (QED) is 0.820. The number of carbonyl (C=O) groups is 1. The number of benzene rings is 1. The first-order valence-corrected chi connectivity index (χ1v) is 6.05. The maximum absolute atomic E-state index is 13.2. The van der Waals surface area contributed by atoms with Crippen LogP contribution in [0.3, 0.4) is 0 Å². The minimum absolute atomic E-state index is 0.257. The lowest BCUT2D eigenvalue weighted by Crippen LogP contribution is -2.33. The molecule has 0 saturated carbocycles. The van der Waals surface area contributed by atoms with Crippen LogP contribution in [-0.4, -0.2) is 24.9 Å². The van der Waals surface area contributed by atoms with Gasteiger partial charge < -0.3 is 10.5 Å². The molecule has 1 aromatic rings. The van der Waals surface area contributed by atoms with Crippen molar-refractivity contribution in [1.82, 2.24) is 0 Å². The van der Waals surface area contributed by atoms with Gasteiger partial charge >= 0.3 is 5.97 Å². The zero-order valence-electron chi connectivity index (χ0n) is 9.28. The van der Waals surface area contributed by atoms with Gasteiger partial charge in [-0.1, -0.05) is 12.1 Å². The molecule has 0 bridgehead atoms. The van der Waals surface area contributed by atoms with E-state index >= 15 is 0 Å². The topological polar surface area (TPSA) is 52.3 Å². The predicted molar refractivity (Wildman–Crippen MR) is 62.5 cm³/mol. The molecule has 6 heteroatoms. The lowest BCUT2D eigenvalue weighted by molar-refractivity contribution is -0.141. The van der Waals surface area contributed by atoms with Crippen molar-refractivity contribution >= 4 is 17.7 Å². The maximum atomic E-state index is 13.2. The number of methoxy groups -OCH3 is 1. The summed E-state index contributed by atoms with van der Waals surface area (Å²) in [6.07, 6.45) is 0. The zero-order valence-corrected chi connectivity index (χ0v) is 10.1. The van der Waals surface area contributed by atoms with E-state index in [1.807, 2.05) is 0 Å². The summed E-state index contributed by atoms with van der Waals surface area (Å²) >= 11 is 1.25. The number of hydrogen-bond acceptors (Lipinski definition) is 4. The van der Waals surface area contributed by atoms with Crippen molar-refractivity contribution in [3.63, 3.8) is 0 Å². The Bertz CT molecular complexity index is 401. The van der Waals surface area contributed by atoms with Gasteiger partial charge in [0.15, 0.2) is 11.6 Å². The molecule has 0 saturated heterocycles. The molecule has 0 spiro atoms. The van der Waals surface area contributed by atoms with Crippen LogP contribution >= 0.6 is 11.8 Å². The summed E-state index contributed by atoms with van der Waals surface area (Å²) in [6.45, 7) is 0. The molecule has 1 rings (SSSR count). The first kappa shape index (κ1) is 13.9. The molecule has 0 aliphatic carbocycles. The summed E-state index contributed by atoms with van der Waals surface area (Å²) in [4.78, 5) is 11.0. The van der Waals surface area contributed by atoms with Crippen molar-refractivity contribution in [2.75, 3.05) is 12.9 Å². The average Bonchev–Trinajstić information content (AvgIpc) is 2.33. The normalized spacial score (nSPS) is 12.2. The Balaban J connectivity index is 2.46. The van der Waals surface area contributed by atoms with Crippen LogP contribution < -0.4 is 5.73 Å². The second kappa shape index (κ2) is 6.56. The summed E-state index contributed by atoms with van der Waals surface area (Å²) in [5, 5.41) is 0. The number of halogens is 2. The van der Waals surface area contributed by atoms with Gasteiger partial charge in [-0.3, -0.25) is 4.79 Å². The van der Waals surface area contributed by atoms with E-state index in [1.54, 1.807) is 0 Å². The van der Waals surface area contributed by atoms with Gasteiger partial charge in [0.05, 0.1) is 7.11 Å². The van der Waals surface area contributed by atoms with Crippen molar-refractivity contribution in [1.29, 1.82) is 0 Å². The molecule has 94 valence electrons. The average molecular weight is 261 g/mol. The number of nitrogens with two attached hydrogens (primary N) is 1. The molecule has 0 fully saturated rings. The van der Waals surface area contributed by atoms with Crippen molar-refractivity contribution in [2.24, 2.45) is 5.73 Å². The van der Waals surface area contributed by atoms with E-state index < -0.39 is 23.6 Å². The Hall–Kier alpha value is -1.14. The maximum Gasteiger partial charge on any atom is 0.323 e. The second-order valence-corrected chi connectivity index (χ2v) is 4.39. The molecular weight excluding hydrogens is 248 g/mol. The highest BCUT2D eigenvalue weighted by Gasteiger charge is 2.14. The fraction of sp³-hybridized carbons (Fsp3) is 0.364. The van der Waals surface area contributed by atoms with E-state index in [4.69, 9.17) is 5.73 Å². The van der Waals surface area contributed by atoms with Gasteiger partial charge in [0.1, 0.15) is 6.04 Å². The Labute approximate surface area is 102 Å². The molecule has 0 aromatic heterocycles. The monoisotopic (exact) mass is 261 g/mol. The molecular formula is C11H13F2NO2S. The highest BCUT2D eigenvalue weighted by molar-refractivity contribution is 7.98. The van der Waals surface area contributed by atoms with Gasteiger partial charge in [-0.05, 0) is 6.07 Å². The van der Waals surface area contributed by atoms with E-state index in [1.165, 1.54) is 31.0 Å². The predicted octanol–water partition coefficient (Wildman–Crippen LogP) is 1.70. The Kier molecular flexibility index (Phi) is 5.37. The highest BCUT2D eigenvalue weighted by Crippen LogP contribution is 2.18. The molecule has 0 aliphatic rings. The molecule has 0 heterocycles. The number of thioether (sulfide) groups is 1. The molecule has 2 N–H and O–H groups in total. The molecule has 17 heavy (non-hydrogen) atoms. The minimum atomic E-state index is -0.875. The van der Waals surface area contributed by atoms with Crippen molar-refractivity contribution < 1.29 is 18.3 Å². The van der Waals surface area contributed by atoms with Crippen LogP contribution in [0.4, 0.5) is 8.78 Å². The largest absolute Gasteiger partial charge is 0.468 e. The Morgan fingerprint density at radius 2 is 2.24 bits per heavy atom. The molecule has 1 aromatic carbocycles. The van der Waals surface area contributed by atoms with Crippen LogP contribution in [0.25, 0.3) is 0 Å². The third kappa shape index (κ3) is 3.98. The van der Waals surface area contributed by atoms with Gasteiger partial charge in [0.2, 0.25) is 0 Å². The van der Waals surface area contributed by atoms with Crippen LogP contribution in [0, 0.1) is 11.6 Å². The van der Waals surface area contributed by atoms with Gasteiger partial charge in [-0.15, -0.1) is 0 Å². The molecule has 0 aliphatic heterocycles. The second-order valence-electron chi connectivity index (χ2n) is 3.36. The number of esters is 1. The van der Waals surface area contributed by atoms with E-state index in [0.717, 1.165) is 6.07 Å². The van der Waals surface area contributed by atoms with Gasteiger partial charge in [0, 0.05) is 17.1 Å². The van der Waals surface area contributed by atoms with Crippen molar-refractivity contribution in [3.05, 3.63) is 35.4 Å². The van der Waals surface area contributed by atoms with E-state index in [2.05, 4.69) is 4.74 Å². The number of rotatable bonds is 5. The zero-order chi connectivity index (χ0) is 12.8. The van der Waals surface area contributed by atoms with Gasteiger partial charge in [-0.2, -0.15) is 11.8 Å². The van der Waals surface area contributed by atoms with E-state index in [-0.39, 0.29) is 11.3 Å². The summed E-state index contributed by atoms with van der Waals surface area (Å²) in [5.74, 6) is -1.69. The third-order valence-electron chi connectivity index (χ3n) is 2.09. The SMILES string of the molecule is COC(=O)C(N)CSCc1cccc(F)c1F. The van der Waals surface area contributed by atoms with E-state index in [0.29, 0.717) is 5.75 Å². The fourth-order valence-corrected chi connectivity index (χ4v) is 2.13. The van der Waals surface area contributed by atoms with E-state index in [9.17, 15) is 13.6 Å². The molecule has 1 unspecified atom stereocenters. The summed E-state index contributed by atoms with van der Waals surface area (Å²) in [5.41, 5.74) is 5.75. The molecule has 1 atom stereocenters. The lowest BCUT2D eigenvalue weighted by atomic mass is 10.2. The smallest absolute Gasteiger partial charge is 0.323 e. The third-order valence-corrected chi connectivity index (χ3v) is 3.20. The molecule has 0 amide bonds. The van der Waals surface area contributed by atoms with Crippen LogP contribution in [0.5, 0.6) is 0 Å². The number of hydrogen-bond donors (Lipinski definition) is 1. The summed E-state index contributed by atoms with van der Waals surface area (Å²) in [6, 6.07) is 3.24. The first-order valence-electron chi connectivity index (χ1n) is 4.90. The molecule has 3 nitrogen and oxygen atoms in total. The van der Waals surface area contributed by atoms with Gasteiger partial charge in [0.25, 0.3) is 0 Å². The number of ether oxygens (including phenoxy) is 1. The van der Waals surface area contributed by atoms with Crippen LogP contribution in [0.15, 0.2) is 18.2 Å². The Morgan fingerprint density at radius 3 is 2.88 bits per heavy atom. The number of carbonyl (C=O) groups excluding carboxylic acids is 1. The van der Waals surface area contributed by atoms with Crippen LogP contribution in [0.2, 0.25) is 0 Å². The van der Waals surface area contributed by atoms with Crippen molar-refractivity contribution in [2.45, 2.75) is 11.8 Å². The minimum Gasteiger partial charge on any atom is -0.468 e. The fourth-order valence-electron chi connectivity index (χ4n) is 1.18. The molecule has 0 radical (unpaired) electrons. The lowest BCUT2D eigenvalue weighted by Gasteiger charge is -2.09. The summed E-state index contributed by atoms with van der Waals surface area (Å²) in [7, 11) is 1.25. The summed E-state index contributed by atoms with van der Waals surface area (Å²) < 4.78 is 30.6. The van der Waals surface area contributed by atoms with Crippen LogP contribution in [0.1, 0.15) is 5.56 Å². The standard InChI is InChI=1S/C11H13F2NO2S/c1-16-11(15)9(14)6-17-5-7-3-2-4-8(12)10(7)13/h2-4,9H,5-6,14H2,1H3. The van der Waals surface area contributed by atoms with Crippen molar-refractivity contribution in [3.8, 4) is 0 Å². The first-order chi connectivity index (χ1) is 8.06. The van der Waals surface area contributed by atoms with Crippen LogP contribution in [-0.2, 0) is 15.3 Å².